The Morgan fingerprint density at radius 3 is 2.81 bits per heavy atom. The molecule has 1 heterocycles. The summed E-state index contributed by atoms with van der Waals surface area (Å²) in [5.41, 5.74) is 6.92. The lowest BCUT2D eigenvalue weighted by molar-refractivity contribution is 0.318. The summed E-state index contributed by atoms with van der Waals surface area (Å²) in [6, 6.07) is 4.31. The average molecular weight is 289 g/mol. The summed E-state index contributed by atoms with van der Waals surface area (Å²) < 4.78 is 14.9. The number of benzene rings is 1. The van der Waals surface area contributed by atoms with E-state index in [1.54, 1.807) is 10.7 Å². The molecule has 2 N–H and O–H groups in total. The molecule has 21 heavy (non-hydrogen) atoms. The second-order valence-electron chi connectivity index (χ2n) is 5.75. The van der Waals surface area contributed by atoms with Crippen molar-refractivity contribution in [2.45, 2.75) is 45.1 Å². The Labute approximate surface area is 123 Å². The van der Waals surface area contributed by atoms with E-state index in [1.807, 2.05) is 0 Å². The molecule has 1 saturated carbocycles. The van der Waals surface area contributed by atoms with Gasteiger partial charge in [0.2, 0.25) is 0 Å². The van der Waals surface area contributed by atoms with Crippen LogP contribution in [0.4, 0.5) is 10.1 Å². The molecule has 1 aromatic heterocycles. The Morgan fingerprint density at radius 2 is 2.05 bits per heavy atom. The van der Waals surface area contributed by atoms with Gasteiger partial charge in [0, 0.05) is 17.8 Å². The average Bonchev–Trinajstić information content (AvgIpc) is 2.94. The maximum Gasteiger partial charge on any atom is 0.184 e. The molecular formula is C15H20FN5. The number of aryl methyl sites for hydroxylation is 1. The predicted molar refractivity (Wildman–Crippen MR) is 78.8 cm³/mol. The molecule has 0 atom stereocenters. The summed E-state index contributed by atoms with van der Waals surface area (Å²) in [4.78, 5) is 0. The summed E-state index contributed by atoms with van der Waals surface area (Å²) in [6.07, 6.45) is 7.71. The zero-order valence-corrected chi connectivity index (χ0v) is 12.0. The quantitative estimate of drug-likeness (QED) is 0.878. The van der Waals surface area contributed by atoms with E-state index in [0.717, 1.165) is 18.9 Å². The van der Waals surface area contributed by atoms with Crippen LogP contribution >= 0.6 is 0 Å². The van der Waals surface area contributed by atoms with Crippen LogP contribution in [0.25, 0.3) is 11.4 Å². The Kier molecular flexibility index (Phi) is 4.13. The zero-order valence-electron chi connectivity index (χ0n) is 12.0. The van der Waals surface area contributed by atoms with Crippen molar-refractivity contribution >= 4 is 5.69 Å². The molecule has 1 aromatic carbocycles. The van der Waals surface area contributed by atoms with Crippen LogP contribution < -0.4 is 5.73 Å². The van der Waals surface area contributed by atoms with E-state index in [2.05, 4.69) is 15.5 Å². The van der Waals surface area contributed by atoms with E-state index in [4.69, 9.17) is 5.73 Å². The molecule has 1 aliphatic rings. The molecule has 1 aliphatic carbocycles. The summed E-state index contributed by atoms with van der Waals surface area (Å²) >= 11 is 0. The summed E-state index contributed by atoms with van der Waals surface area (Å²) in [6.45, 7) is 0.782. The van der Waals surface area contributed by atoms with E-state index < -0.39 is 0 Å². The fourth-order valence-corrected chi connectivity index (χ4v) is 3.07. The first-order valence-corrected chi connectivity index (χ1v) is 7.55. The third-order valence-electron chi connectivity index (χ3n) is 4.26. The smallest absolute Gasteiger partial charge is 0.184 e. The molecule has 0 aliphatic heterocycles. The van der Waals surface area contributed by atoms with Crippen LogP contribution in [0.2, 0.25) is 0 Å². The minimum atomic E-state index is -0.350. The Bertz CT molecular complexity index is 604. The summed E-state index contributed by atoms with van der Waals surface area (Å²) in [5.74, 6) is 1.03. The highest BCUT2D eigenvalue weighted by Gasteiger charge is 2.16. The predicted octanol–water partition coefficient (Wildman–Crippen LogP) is 3.03. The number of nitrogen functional groups attached to an aromatic ring is 1. The Hall–Kier alpha value is -1.98. The van der Waals surface area contributed by atoms with Gasteiger partial charge >= 0.3 is 0 Å². The van der Waals surface area contributed by atoms with E-state index in [-0.39, 0.29) is 5.82 Å². The van der Waals surface area contributed by atoms with E-state index in [9.17, 15) is 4.39 Å². The highest BCUT2D eigenvalue weighted by molar-refractivity contribution is 5.71. The third-order valence-corrected chi connectivity index (χ3v) is 4.26. The number of hydrogen-bond donors (Lipinski definition) is 1. The van der Waals surface area contributed by atoms with Gasteiger partial charge in [-0.25, -0.2) is 9.07 Å². The van der Waals surface area contributed by atoms with Crippen LogP contribution in [-0.2, 0) is 6.54 Å². The van der Waals surface area contributed by atoms with Crippen LogP contribution in [0.15, 0.2) is 18.2 Å². The SMILES string of the molecule is Nc1cc(F)ccc1-c1nnnn1CCC1CCCCC1. The molecule has 0 radical (unpaired) electrons. The van der Waals surface area contributed by atoms with Crippen molar-refractivity contribution in [3.8, 4) is 11.4 Å². The van der Waals surface area contributed by atoms with Crippen molar-refractivity contribution in [1.29, 1.82) is 0 Å². The largest absolute Gasteiger partial charge is 0.398 e. The van der Waals surface area contributed by atoms with Crippen molar-refractivity contribution in [3.05, 3.63) is 24.0 Å². The molecule has 6 heteroatoms. The number of nitrogens with two attached hydrogens (primary N) is 1. The van der Waals surface area contributed by atoms with Crippen molar-refractivity contribution in [2.24, 2.45) is 5.92 Å². The number of rotatable bonds is 4. The van der Waals surface area contributed by atoms with Crippen LogP contribution in [0.1, 0.15) is 38.5 Å². The molecule has 0 unspecified atom stereocenters. The minimum Gasteiger partial charge on any atom is -0.398 e. The van der Waals surface area contributed by atoms with Gasteiger partial charge in [0.1, 0.15) is 5.82 Å². The van der Waals surface area contributed by atoms with Crippen LogP contribution in [0.3, 0.4) is 0 Å². The number of nitrogens with zero attached hydrogens (tertiary/aromatic N) is 4. The topological polar surface area (TPSA) is 69.6 Å². The highest BCUT2D eigenvalue weighted by Crippen LogP contribution is 2.28. The fraction of sp³-hybridized carbons (Fsp3) is 0.533. The lowest BCUT2D eigenvalue weighted by Crippen LogP contribution is -2.12. The van der Waals surface area contributed by atoms with Gasteiger partial charge in [-0.3, -0.25) is 0 Å². The molecule has 2 aromatic rings. The molecule has 0 amide bonds. The van der Waals surface area contributed by atoms with Gasteiger partial charge in [0.25, 0.3) is 0 Å². The minimum absolute atomic E-state index is 0.350. The first kappa shape index (κ1) is 14.0. The lowest BCUT2D eigenvalue weighted by atomic mass is 9.87. The number of tetrazole rings is 1. The molecule has 3 rings (SSSR count). The maximum absolute atomic E-state index is 13.1. The molecule has 1 fully saturated rings. The van der Waals surface area contributed by atoms with Gasteiger partial charge in [-0.1, -0.05) is 32.1 Å². The van der Waals surface area contributed by atoms with Crippen LogP contribution in [0, 0.1) is 11.7 Å². The monoisotopic (exact) mass is 289 g/mol. The maximum atomic E-state index is 13.1. The van der Waals surface area contributed by atoms with E-state index >= 15 is 0 Å². The number of hydrogen-bond acceptors (Lipinski definition) is 4. The first-order valence-electron chi connectivity index (χ1n) is 7.55. The third kappa shape index (κ3) is 3.20. The number of halogens is 1. The fourth-order valence-electron chi connectivity index (χ4n) is 3.07. The van der Waals surface area contributed by atoms with Gasteiger partial charge < -0.3 is 5.73 Å². The highest BCUT2D eigenvalue weighted by atomic mass is 19.1. The number of aromatic nitrogens is 4. The Balaban J connectivity index is 1.74. The zero-order chi connectivity index (χ0) is 14.7. The van der Waals surface area contributed by atoms with Gasteiger partial charge in [0.15, 0.2) is 5.82 Å². The van der Waals surface area contributed by atoms with Gasteiger partial charge in [-0.2, -0.15) is 0 Å². The normalized spacial score (nSPS) is 16.2. The second kappa shape index (κ2) is 6.20. The molecule has 0 bridgehead atoms. The van der Waals surface area contributed by atoms with Crippen molar-refractivity contribution in [1.82, 2.24) is 20.2 Å². The molecule has 5 nitrogen and oxygen atoms in total. The summed E-state index contributed by atoms with van der Waals surface area (Å²) in [7, 11) is 0. The van der Waals surface area contributed by atoms with E-state index in [0.29, 0.717) is 17.1 Å². The Morgan fingerprint density at radius 1 is 1.24 bits per heavy atom. The lowest BCUT2D eigenvalue weighted by Gasteiger charge is -2.21. The molecule has 0 spiro atoms. The summed E-state index contributed by atoms with van der Waals surface area (Å²) in [5, 5.41) is 11.8. The van der Waals surface area contributed by atoms with Gasteiger partial charge in [-0.15, -0.1) is 5.10 Å². The van der Waals surface area contributed by atoms with Crippen LogP contribution in [-0.4, -0.2) is 20.2 Å². The second-order valence-corrected chi connectivity index (χ2v) is 5.75. The van der Waals surface area contributed by atoms with Crippen LogP contribution in [0.5, 0.6) is 0 Å². The standard InChI is InChI=1S/C15H20FN5/c16-12-6-7-13(14(17)10-12)15-18-19-20-21(15)9-8-11-4-2-1-3-5-11/h6-7,10-11H,1-5,8-9,17H2. The molecule has 112 valence electrons. The van der Waals surface area contributed by atoms with E-state index in [1.165, 1.54) is 44.2 Å². The van der Waals surface area contributed by atoms with Crippen molar-refractivity contribution < 1.29 is 4.39 Å². The van der Waals surface area contributed by atoms with Crippen molar-refractivity contribution in [3.63, 3.8) is 0 Å². The van der Waals surface area contributed by atoms with Gasteiger partial charge in [0.05, 0.1) is 0 Å². The molecular weight excluding hydrogens is 269 g/mol. The first-order chi connectivity index (χ1) is 10.2. The molecule has 0 saturated heterocycles. The van der Waals surface area contributed by atoms with Gasteiger partial charge in [-0.05, 0) is 41.0 Å². The number of anilines is 1. The van der Waals surface area contributed by atoms with Crippen molar-refractivity contribution in [2.75, 3.05) is 5.73 Å².